The van der Waals surface area contributed by atoms with Gasteiger partial charge in [0.2, 0.25) is 0 Å². The number of aromatic nitrogens is 2. The lowest BCUT2D eigenvalue weighted by Gasteiger charge is -2.10. The van der Waals surface area contributed by atoms with E-state index >= 15 is 0 Å². The largest absolute Gasteiger partial charge is 0.341 e. The standard InChI is InChI=1S/C14H19N3.ClH/c1-10(2)8-12(15)14-16-9-13(17-14)11-6-4-3-5-7-11;/h3-7,9-10,12H,8,15H2,1-2H3,(H,16,17);1H/t12-;/m0./s1. The molecule has 1 aromatic heterocycles. The van der Waals surface area contributed by atoms with Gasteiger partial charge in [-0.2, -0.15) is 0 Å². The SMILES string of the molecule is CC(C)C[C@H](N)c1ncc(-c2ccccc2)[nH]1.Cl. The molecular formula is C14H20ClN3. The number of rotatable bonds is 4. The Hall–Kier alpha value is -1.32. The topological polar surface area (TPSA) is 54.7 Å². The van der Waals surface area contributed by atoms with Crippen molar-refractivity contribution in [3.63, 3.8) is 0 Å². The molecule has 0 saturated heterocycles. The van der Waals surface area contributed by atoms with Gasteiger partial charge >= 0.3 is 0 Å². The normalized spacial score (nSPS) is 12.2. The molecule has 0 bridgehead atoms. The summed E-state index contributed by atoms with van der Waals surface area (Å²) in [6.07, 6.45) is 2.80. The highest BCUT2D eigenvalue weighted by Crippen LogP contribution is 2.21. The summed E-state index contributed by atoms with van der Waals surface area (Å²) in [5.41, 5.74) is 8.26. The molecule has 0 unspecified atom stereocenters. The first kappa shape index (κ1) is 14.7. The Balaban J connectivity index is 0.00000162. The van der Waals surface area contributed by atoms with E-state index in [1.807, 2.05) is 24.4 Å². The van der Waals surface area contributed by atoms with Crippen LogP contribution in [0, 0.1) is 5.92 Å². The van der Waals surface area contributed by atoms with Gasteiger partial charge in [-0.25, -0.2) is 4.98 Å². The van der Waals surface area contributed by atoms with Gasteiger partial charge in [-0.05, 0) is 17.9 Å². The van der Waals surface area contributed by atoms with Gasteiger partial charge in [0.25, 0.3) is 0 Å². The molecule has 0 aliphatic carbocycles. The zero-order valence-corrected chi connectivity index (χ0v) is 11.6. The highest BCUT2D eigenvalue weighted by atomic mass is 35.5. The average Bonchev–Trinajstić information content (AvgIpc) is 2.78. The third kappa shape index (κ3) is 3.59. The molecule has 3 nitrogen and oxygen atoms in total. The molecule has 0 amide bonds. The third-order valence-corrected chi connectivity index (χ3v) is 2.76. The molecule has 0 radical (unpaired) electrons. The molecule has 1 aromatic carbocycles. The molecule has 2 rings (SSSR count). The molecule has 3 N–H and O–H groups in total. The van der Waals surface area contributed by atoms with Gasteiger partial charge in [0.15, 0.2) is 0 Å². The lowest BCUT2D eigenvalue weighted by molar-refractivity contribution is 0.496. The Kier molecular flexibility index (Phi) is 5.38. The molecule has 1 heterocycles. The Morgan fingerprint density at radius 1 is 1.22 bits per heavy atom. The first-order valence-electron chi connectivity index (χ1n) is 6.02. The second-order valence-electron chi connectivity index (χ2n) is 4.78. The second kappa shape index (κ2) is 6.57. The zero-order valence-electron chi connectivity index (χ0n) is 10.8. The van der Waals surface area contributed by atoms with Gasteiger partial charge < -0.3 is 10.7 Å². The molecule has 0 aliphatic rings. The van der Waals surface area contributed by atoms with Crippen molar-refractivity contribution < 1.29 is 0 Å². The zero-order chi connectivity index (χ0) is 12.3. The first-order chi connectivity index (χ1) is 8.16. The average molecular weight is 266 g/mol. The van der Waals surface area contributed by atoms with Crippen molar-refractivity contribution in [2.45, 2.75) is 26.3 Å². The number of aromatic amines is 1. The summed E-state index contributed by atoms with van der Waals surface area (Å²) in [5, 5.41) is 0. The van der Waals surface area contributed by atoms with Crippen molar-refractivity contribution in [1.82, 2.24) is 9.97 Å². The Morgan fingerprint density at radius 2 is 1.89 bits per heavy atom. The van der Waals surface area contributed by atoms with Gasteiger partial charge in [0, 0.05) is 0 Å². The van der Waals surface area contributed by atoms with Crippen LogP contribution in [0.2, 0.25) is 0 Å². The van der Waals surface area contributed by atoms with Gasteiger partial charge in [-0.3, -0.25) is 0 Å². The molecular weight excluding hydrogens is 246 g/mol. The van der Waals surface area contributed by atoms with Crippen molar-refractivity contribution in [1.29, 1.82) is 0 Å². The van der Waals surface area contributed by atoms with E-state index in [-0.39, 0.29) is 18.4 Å². The fourth-order valence-corrected chi connectivity index (χ4v) is 1.91. The van der Waals surface area contributed by atoms with E-state index in [0.29, 0.717) is 5.92 Å². The number of nitrogens with zero attached hydrogens (tertiary/aromatic N) is 1. The van der Waals surface area contributed by atoms with E-state index in [1.165, 1.54) is 0 Å². The lowest BCUT2D eigenvalue weighted by Crippen LogP contribution is -2.14. The van der Waals surface area contributed by atoms with E-state index in [1.54, 1.807) is 0 Å². The smallest absolute Gasteiger partial charge is 0.123 e. The van der Waals surface area contributed by atoms with Crippen LogP contribution < -0.4 is 5.73 Å². The summed E-state index contributed by atoms with van der Waals surface area (Å²) >= 11 is 0. The van der Waals surface area contributed by atoms with Crippen molar-refractivity contribution in [2.75, 3.05) is 0 Å². The third-order valence-electron chi connectivity index (χ3n) is 2.76. The minimum absolute atomic E-state index is 0. The van der Waals surface area contributed by atoms with Crippen LogP contribution in [0.25, 0.3) is 11.3 Å². The van der Waals surface area contributed by atoms with Crippen LogP contribution >= 0.6 is 12.4 Å². The van der Waals surface area contributed by atoms with Crippen LogP contribution in [0.4, 0.5) is 0 Å². The van der Waals surface area contributed by atoms with E-state index < -0.39 is 0 Å². The van der Waals surface area contributed by atoms with Crippen molar-refractivity contribution in [2.24, 2.45) is 11.7 Å². The molecule has 0 spiro atoms. The van der Waals surface area contributed by atoms with Gasteiger partial charge in [0.05, 0.1) is 17.9 Å². The van der Waals surface area contributed by atoms with Crippen molar-refractivity contribution in [3.05, 3.63) is 42.4 Å². The number of hydrogen-bond donors (Lipinski definition) is 2. The fraction of sp³-hybridized carbons (Fsp3) is 0.357. The first-order valence-corrected chi connectivity index (χ1v) is 6.02. The molecule has 18 heavy (non-hydrogen) atoms. The predicted molar refractivity (Wildman–Crippen MR) is 77.7 cm³/mol. The summed E-state index contributed by atoms with van der Waals surface area (Å²) in [5.74, 6) is 1.45. The maximum atomic E-state index is 6.09. The minimum atomic E-state index is -0.00698. The van der Waals surface area contributed by atoms with E-state index in [9.17, 15) is 0 Å². The van der Waals surface area contributed by atoms with Crippen LogP contribution in [0.3, 0.4) is 0 Å². The molecule has 0 fully saturated rings. The quantitative estimate of drug-likeness (QED) is 0.888. The van der Waals surface area contributed by atoms with Crippen molar-refractivity contribution >= 4 is 12.4 Å². The Bertz CT molecular complexity index is 465. The monoisotopic (exact) mass is 265 g/mol. The van der Waals surface area contributed by atoms with E-state index in [4.69, 9.17) is 5.73 Å². The van der Waals surface area contributed by atoms with Crippen LogP contribution in [0.5, 0.6) is 0 Å². The van der Waals surface area contributed by atoms with E-state index in [2.05, 4.69) is 35.9 Å². The summed E-state index contributed by atoms with van der Waals surface area (Å²) in [7, 11) is 0. The fourth-order valence-electron chi connectivity index (χ4n) is 1.91. The molecule has 2 aromatic rings. The summed E-state index contributed by atoms with van der Waals surface area (Å²) < 4.78 is 0. The lowest BCUT2D eigenvalue weighted by atomic mass is 10.0. The number of nitrogens with two attached hydrogens (primary N) is 1. The number of H-pyrrole nitrogens is 1. The number of benzene rings is 1. The van der Waals surface area contributed by atoms with Gasteiger partial charge in [0.1, 0.15) is 5.82 Å². The Morgan fingerprint density at radius 3 is 2.50 bits per heavy atom. The number of hydrogen-bond acceptors (Lipinski definition) is 2. The second-order valence-corrected chi connectivity index (χ2v) is 4.78. The maximum absolute atomic E-state index is 6.09. The van der Waals surface area contributed by atoms with E-state index in [0.717, 1.165) is 23.5 Å². The summed E-state index contributed by atoms with van der Waals surface area (Å²) in [4.78, 5) is 7.66. The van der Waals surface area contributed by atoms with Crippen molar-refractivity contribution in [3.8, 4) is 11.3 Å². The van der Waals surface area contributed by atoms with Crippen LogP contribution in [-0.4, -0.2) is 9.97 Å². The maximum Gasteiger partial charge on any atom is 0.123 e. The van der Waals surface area contributed by atoms with Gasteiger partial charge in [-0.15, -0.1) is 12.4 Å². The molecule has 0 saturated carbocycles. The molecule has 1 atom stereocenters. The number of halogens is 1. The Labute approximate surface area is 114 Å². The predicted octanol–water partition coefficient (Wildman–Crippen LogP) is 3.54. The molecule has 98 valence electrons. The van der Waals surface area contributed by atoms with Crippen LogP contribution in [-0.2, 0) is 0 Å². The van der Waals surface area contributed by atoms with Crippen LogP contribution in [0.1, 0.15) is 32.1 Å². The number of nitrogens with one attached hydrogen (secondary N) is 1. The van der Waals surface area contributed by atoms with Gasteiger partial charge in [-0.1, -0.05) is 44.2 Å². The minimum Gasteiger partial charge on any atom is -0.341 e. The molecule has 0 aliphatic heterocycles. The van der Waals surface area contributed by atoms with Crippen LogP contribution in [0.15, 0.2) is 36.5 Å². The highest BCUT2D eigenvalue weighted by Gasteiger charge is 2.12. The highest BCUT2D eigenvalue weighted by molar-refractivity contribution is 5.85. The number of imidazole rings is 1. The molecule has 4 heteroatoms. The summed E-state index contributed by atoms with van der Waals surface area (Å²) in [6.45, 7) is 4.34. The summed E-state index contributed by atoms with van der Waals surface area (Å²) in [6, 6.07) is 10.2.